The van der Waals surface area contributed by atoms with E-state index in [1.807, 2.05) is 6.92 Å². The Morgan fingerprint density at radius 3 is 2.28 bits per heavy atom. The van der Waals surface area contributed by atoms with Crippen LogP contribution in [0.4, 0.5) is 0 Å². The molecule has 0 radical (unpaired) electrons. The first-order valence-electron chi connectivity index (χ1n) is 16.8. The minimum atomic E-state index is -2.06. The summed E-state index contributed by atoms with van der Waals surface area (Å²) in [5.74, 6) is -4.64. The van der Waals surface area contributed by atoms with Crippen LogP contribution in [0.2, 0.25) is 0 Å². The van der Waals surface area contributed by atoms with Crippen LogP contribution < -0.4 is 0 Å². The summed E-state index contributed by atoms with van der Waals surface area (Å²) in [5.41, 5.74) is -4.22. The van der Waals surface area contributed by atoms with Crippen molar-refractivity contribution in [2.24, 2.45) is 5.92 Å². The number of unbranched alkanes of at least 4 members (excludes halogenated alkanes) is 4. The van der Waals surface area contributed by atoms with Crippen LogP contribution >= 0.6 is 0 Å². The Kier molecular flexibility index (Phi) is 10.5. The Morgan fingerprint density at radius 2 is 1.65 bits per heavy atom. The molecular formula is C35H52O11. The topological polar surface area (TPSA) is 144 Å². The molecule has 1 saturated carbocycles. The monoisotopic (exact) mass is 648 g/mol. The number of esters is 4. The fourth-order valence-corrected chi connectivity index (χ4v) is 7.63. The fraction of sp³-hybridized carbons (Fsp3) is 0.771. The number of hydrogen-bond acceptors (Lipinski definition) is 11. The van der Waals surface area contributed by atoms with Gasteiger partial charge in [0.2, 0.25) is 5.60 Å². The van der Waals surface area contributed by atoms with E-state index in [0.29, 0.717) is 29.6 Å². The highest BCUT2D eigenvalue weighted by Gasteiger charge is 2.79. The van der Waals surface area contributed by atoms with Gasteiger partial charge < -0.3 is 33.5 Å². The molecule has 258 valence electrons. The Balaban J connectivity index is 1.87. The van der Waals surface area contributed by atoms with Gasteiger partial charge in [0.25, 0.3) is 0 Å². The van der Waals surface area contributed by atoms with Gasteiger partial charge in [-0.15, -0.1) is 0 Å². The lowest BCUT2D eigenvalue weighted by atomic mass is 9.74. The molecule has 0 aromatic rings. The zero-order chi connectivity index (χ0) is 34.2. The van der Waals surface area contributed by atoms with Crippen LogP contribution in [0, 0.1) is 5.92 Å². The van der Waals surface area contributed by atoms with Crippen LogP contribution in [0.25, 0.3) is 0 Å². The van der Waals surface area contributed by atoms with E-state index in [4.69, 9.17) is 28.4 Å². The number of allylic oxidation sites excluding steroid dienone is 1. The molecule has 11 nitrogen and oxygen atoms in total. The largest absolute Gasteiger partial charge is 0.458 e. The molecule has 2 aliphatic heterocycles. The van der Waals surface area contributed by atoms with Crippen LogP contribution in [0.3, 0.4) is 0 Å². The number of aliphatic hydroxyl groups is 1. The van der Waals surface area contributed by atoms with Gasteiger partial charge in [-0.05, 0) is 72.5 Å². The first-order chi connectivity index (χ1) is 21.5. The summed E-state index contributed by atoms with van der Waals surface area (Å²) < 4.78 is 36.9. The molecular weight excluding hydrogens is 596 g/mol. The molecule has 3 fully saturated rings. The van der Waals surface area contributed by atoms with Crippen molar-refractivity contribution in [2.45, 2.75) is 167 Å². The van der Waals surface area contributed by atoms with Crippen LogP contribution in [0.1, 0.15) is 120 Å². The van der Waals surface area contributed by atoms with Crippen molar-refractivity contribution in [1.29, 1.82) is 0 Å². The van der Waals surface area contributed by atoms with Crippen molar-refractivity contribution in [3.8, 4) is 0 Å². The highest BCUT2D eigenvalue weighted by atomic mass is 16.8. The van der Waals surface area contributed by atoms with Gasteiger partial charge in [-0.2, -0.15) is 0 Å². The number of hydrogen-bond donors (Lipinski definition) is 1. The molecule has 0 unspecified atom stereocenters. The Hall–Kier alpha value is -2.76. The lowest BCUT2D eigenvalue weighted by Gasteiger charge is -2.52. The van der Waals surface area contributed by atoms with Gasteiger partial charge in [0.05, 0.1) is 5.92 Å². The minimum Gasteiger partial charge on any atom is -0.458 e. The molecule has 8 atom stereocenters. The smallest absolute Gasteiger partial charge is 0.342 e. The van der Waals surface area contributed by atoms with Crippen molar-refractivity contribution in [3.63, 3.8) is 0 Å². The van der Waals surface area contributed by atoms with E-state index in [1.165, 1.54) is 6.92 Å². The van der Waals surface area contributed by atoms with Crippen molar-refractivity contribution in [3.05, 3.63) is 22.8 Å². The predicted molar refractivity (Wildman–Crippen MR) is 166 cm³/mol. The van der Waals surface area contributed by atoms with E-state index >= 15 is 0 Å². The molecule has 2 aliphatic carbocycles. The number of rotatable bonds is 12. The molecule has 4 rings (SSSR count). The molecule has 0 bridgehead atoms. The summed E-state index contributed by atoms with van der Waals surface area (Å²) in [5, 5.41) is 12.6. The highest BCUT2D eigenvalue weighted by molar-refractivity contribution is 5.88. The Bertz CT molecular complexity index is 1280. The van der Waals surface area contributed by atoms with Crippen molar-refractivity contribution in [1.82, 2.24) is 0 Å². The Labute approximate surface area is 272 Å². The summed E-state index contributed by atoms with van der Waals surface area (Å²) in [4.78, 5) is 53.4. The predicted octanol–water partition coefficient (Wildman–Crippen LogP) is 5.16. The quantitative estimate of drug-likeness (QED) is 0.0986. The molecule has 0 amide bonds. The lowest BCUT2D eigenvalue weighted by Crippen LogP contribution is -2.72. The Morgan fingerprint density at radius 1 is 0.978 bits per heavy atom. The van der Waals surface area contributed by atoms with Gasteiger partial charge in [-0.25, -0.2) is 9.59 Å². The second-order valence-electron chi connectivity index (χ2n) is 14.0. The summed E-state index contributed by atoms with van der Waals surface area (Å²) in [7, 11) is 0. The lowest BCUT2D eigenvalue weighted by molar-refractivity contribution is -0.382. The summed E-state index contributed by atoms with van der Waals surface area (Å²) in [6.07, 6.45) is 2.29. The number of carbonyl (C=O) groups is 4. The minimum absolute atomic E-state index is 0.0878. The summed E-state index contributed by atoms with van der Waals surface area (Å²) >= 11 is 0. The molecule has 2 saturated heterocycles. The average Bonchev–Trinajstić information content (AvgIpc) is 3.31. The van der Waals surface area contributed by atoms with Gasteiger partial charge >= 0.3 is 23.9 Å². The van der Waals surface area contributed by atoms with Crippen LogP contribution in [-0.4, -0.2) is 76.0 Å². The molecule has 4 aliphatic rings. The molecule has 46 heavy (non-hydrogen) atoms. The third-order valence-electron chi connectivity index (χ3n) is 10.1. The van der Waals surface area contributed by atoms with Crippen LogP contribution in [0.15, 0.2) is 22.8 Å². The molecule has 11 heteroatoms. The molecule has 0 spiro atoms. The third kappa shape index (κ3) is 6.27. The average molecular weight is 649 g/mol. The van der Waals surface area contributed by atoms with E-state index in [0.717, 1.165) is 25.7 Å². The van der Waals surface area contributed by atoms with Crippen molar-refractivity contribution < 1.29 is 52.7 Å². The van der Waals surface area contributed by atoms with Gasteiger partial charge in [0, 0.05) is 24.8 Å². The molecule has 1 N–H and O–H groups in total. The SMILES string of the molecule is C/C=C(/C)C(=O)O[C@H]1C(C)=C2[C@H]([C@@H]1OC(=O)CCCCCCC)[C@@](C)(OC(=O)CCC)C[C@@H]1OC(C)(C)O[C@]3(C)C(=O)O[C@@H]2[C@]13O. The van der Waals surface area contributed by atoms with Crippen LogP contribution in [0.5, 0.6) is 0 Å². The van der Waals surface area contributed by atoms with Gasteiger partial charge in [0.1, 0.15) is 11.7 Å². The molecule has 2 heterocycles. The number of fused-ring (bicyclic) bond motifs is 2. The first-order valence-corrected chi connectivity index (χ1v) is 16.8. The van der Waals surface area contributed by atoms with E-state index in [2.05, 4.69) is 6.92 Å². The first kappa shape index (κ1) is 36.1. The van der Waals surface area contributed by atoms with E-state index in [9.17, 15) is 24.3 Å². The van der Waals surface area contributed by atoms with E-state index in [-0.39, 0.29) is 19.3 Å². The van der Waals surface area contributed by atoms with Crippen molar-refractivity contribution in [2.75, 3.05) is 0 Å². The second-order valence-corrected chi connectivity index (χ2v) is 14.0. The maximum atomic E-state index is 13.6. The third-order valence-corrected chi connectivity index (χ3v) is 10.1. The zero-order valence-corrected chi connectivity index (χ0v) is 28.9. The van der Waals surface area contributed by atoms with E-state index in [1.54, 1.807) is 47.6 Å². The highest BCUT2D eigenvalue weighted by Crippen LogP contribution is 2.60. The standard InChI is InChI=1S/C35H52O11/c1-10-13-14-15-16-18-23(36)41-28-26-25(21(5)27(28)42-30(38)20(4)12-3)29-35(40)22(19-33(26,8)45-24(37)17-11-2)44-32(6,7)46-34(35,9)31(39)43-29/h12,22,26-29,40H,10-11,13-19H2,1-9H3/b20-12-/t22-,26+,27-,28-,29-,33-,34+,35+/m0/s1. The fourth-order valence-electron chi connectivity index (χ4n) is 7.63. The number of carbonyl (C=O) groups excluding carboxylic acids is 4. The normalized spacial score (nSPS) is 36.3. The van der Waals surface area contributed by atoms with E-state index < -0.39 is 76.8 Å². The summed E-state index contributed by atoms with van der Waals surface area (Å²) in [6.45, 7) is 15.4. The second kappa shape index (κ2) is 13.4. The van der Waals surface area contributed by atoms with Gasteiger partial charge in [0.15, 0.2) is 29.7 Å². The maximum Gasteiger partial charge on any atom is 0.342 e. The van der Waals surface area contributed by atoms with Crippen LogP contribution in [-0.2, 0) is 47.6 Å². The maximum absolute atomic E-state index is 13.6. The molecule has 0 aromatic heterocycles. The van der Waals surface area contributed by atoms with Crippen molar-refractivity contribution >= 4 is 23.9 Å². The zero-order valence-electron chi connectivity index (χ0n) is 28.9. The molecule has 0 aromatic carbocycles. The van der Waals surface area contributed by atoms with Gasteiger partial charge in [-0.1, -0.05) is 45.6 Å². The van der Waals surface area contributed by atoms with Gasteiger partial charge in [-0.3, -0.25) is 9.59 Å². The summed E-state index contributed by atoms with van der Waals surface area (Å²) in [6, 6.07) is 0. The number of ether oxygens (including phenoxy) is 6.